The van der Waals surface area contributed by atoms with Crippen molar-refractivity contribution in [3.05, 3.63) is 0 Å². The third-order valence-electron chi connectivity index (χ3n) is 3.24. The van der Waals surface area contributed by atoms with E-state index in [1.54, 1.807) is 0 Å². The Morgan fingerprint density at radius 2 is 2.07 bits per heavy atom. The molecule has 1 atom stereocenters. The summed E-state index contributed by atoms with van der Waals surface area (Å²) in [5, 5.41) is 8.37. The molecule has 0 radical (unpaired) electrons. The molecule has 15 heavy (non-hydrogen) atoms. The minimum Gasteiger partial charge on any atom is -0.300 e. The van der Waals surface area contributed by atoms with Gasteiger partial charge in [-0.25, -0.2) is 0 Å². The quantitative estimate of drug-likeness (QED) is 0.624. The molecule has 0 aromatic carbocycles. The zero-order chi connectivity index (χ0) is 10.9. The molecule has 0 saturated heterocycles. The predicted molar refractivity (Wildman–Crippen MR) is 60.3 cm³/mol. The third-order valence-corrected chi connectivity index (χ3v) is 3.24. The second-order valence-corrected chi connectivity index (χ2v) is 4.61. The molecule has 84 valence electrons. The first kappa shape index (κ1) is 12.2. The van der Waals surface area contributed by atoms with Crippen LogP contribution in [0.5, 0.6) is 0 Å². The van der Waals surface area contributed by atoms with Crippen molar-refractivity contribution >= 4 is 5.78 Å². The predicted octanol–water partition coefficient (Wildman–Crippen LogP) is 3.61. The molecule has 1 aliphatic rings. The number of hydrogen-bond donors (Lipinski definition) is 0. The Balaban J connectivity index is 1.95. The number of rotatable bonds is 6. The summed E-state index contributed by atoms with van der Waals surface area (Å²) in [6, 6.07) is 2.17. The second-order valence-electron chi connectivity index (χ2n) is 4.61. The first-order valence-electron chi connectivity index (χ1n) is 6.21. The van der Waals surface area contributed by atoms with Crippen LogP contribution in [0, 0.1) is 17.2 Å². The van der Waals surface area contributed by atoms with Crippen molar-refractivity contribution < 1.29 is 4.79 Å². The van der Waals surface area contributed by atoms with E-state index in [2.05, 4.69) is 6.07 Å². The van der Waals surface area contributed by atoms with E-state index in [9.17, 15) is 4.79 Å². The smallest absolute Gasteiger partial charge is 0.133 e. The Hall–Kier alpha value is -0.840. The summed E-state index contributed by atoms with van der Waals surface area (Å²) < 4.78 is 0. The average molecular weight is 207 g/mol. The van der Waals surface area contributed by atoms with Crippen LogP contribution in [0.2, 0.25) is 0 Å². The normalized spacial score (nSPS) is 21.3. The average Bonchev–Trinajstić information content (AvgIpc) is 2.23. The molecule has 0 heterocycles. The molecule has 1 aliphatic carbocycles. The molecule has 0 amide bonds. The van der Waals surface area contributed by atoms with Gasteiger partial charge in [0.2, 0.25) is 0 Å². The summed E-state index contributed by atoms with van der Waals surface area (Å²) >= 11 is 0. The van der Waals surface area contributed by atoms with Crippen LogP contribution in [0.4, 0.5) is 0 Å². The van der Waals surface area contributed by atoms with Crippen LogP contribution in [0.25, 0.3) is 0 Å². The van der Waals surface area contributed by atoms with Gasteiger partial charge in [0.1, 0.15) is 5.78 Å². The van der Waals surface area contributed by atoms with Crippen molar-refractivity contribution in [1.82, 2.24) is 0 Å². The van der Waals surface area contributed by atoms with E-state index in [1.165, 1.54) is 32.1 Å². The molecule has 2 heteroatoms. The Bertz CT molecular complexity index is 229. The number of nitriles is 1. The molecular formula is C13H21NO. The Morgan fingerprint density at radius 3 is 2.80 bits per heavy atom. The number of ketones is 1. The molecule has 0 spiro atoms. The Morgan fingerprint density at radius 1 is 1.27 bits per heavy atom. The van der Waals surface area contributed by atoms with Crippen molar-refractivity contribution in [2.75, 3.05) is 0 Å². The molecule has 0 aromatic rings. The van der Waals surface area contributed by atoms with E-state index < -0.39 is 0 Å². The number of Topliss-reactive ketones (excluding diaryl/α,β-unsaturated/α-hetero) is 1. The molecule has 0 aromatic heterocycles. The Kier molecular flexibility index (Phi) is 6.08. The molecule has 2 nitrogen and oxygen atoms in total. The minimum absolute atomic E-state index is 0.468. The van der Waals surface area contributed by atoms with Gasteiger partial charge in [0.15, 0.2) is 0 Å². The van der Waals surface area contributed by atoms with E-state index in [1.807, 2.05) is 0 Å². The molecule has 1 rings (SSSR count). The fourth-order valence-corrected chi connectivity index (χ4v) is 2.35. The van der Waals surface area contributed by atoms with E-state index in [0.717, 1.165) is 25.7 Å². The third kappa shape index (κ3) is 5.57. The number of carbonyl (C=O) groups is 1. The summed E-state index contributed by atoms with van der Waals surface area (Å²) in [6.45, 7) is 0. The highest BCUT2D eigenvalue weighted by molar-refractivity contribution is 5.79. The molecule has 0 unspecified atom stereocenters. The lowest BCUT2D eigenvalue weighted by Crippen LogP contribution is -2.14. The maximum Gasteiger partial charge on any atom is 0.133 e. The van der Waals surface area contributed by atoms with Crippen molar-refractivity contribution in [1.29, 1.82) is 5.26 Å². The summed E-state index contributed by atoms with van der Waals surface area (Å²) in [7, 11) is 0. The van der Waals surface area contributed by atoms with Crippen LogP contribution >= 0.6 is 0 Å². The summed E-state index contributed by atoms with van der Waals surface area (Å²) in [5.74, 6) is 1.14. The van der Waals surface area contributed by atoms with Crippen LogP contribution in [-0.4, -0.2) is 5.78 Å². The number of nitrogens with zero attached hydrogens (tertiary/aromatic N) is 1. The van der Waals surface area contributed by atoms with Gasteiger partial charge in [-0.05, 0) is 25.2 Å². The van der Waals surface area contributed by atoms with Gasteiger partial charge in [0.25, 0.3) is 0 Å². The van der Waals surface area contributed by atoms with Gasteiger partial charge >= 0.3 is 0 Å². The summed E-state index contributed by atoms with van der Waals surface area (Å²) in [4.78, 5) is 11.2. The summed E-state index contributed by atoms with van der Waals surface area (Å²) in [5.41, 5.74) is 0. The SMILES string of the molecule is N#CCCCCCC[C@@H]1CCCC(=O)C1. The zero-order valence-corrected chi connectivity index (χ0v) is 9.50. The first-order valence-corrected chi connectivity index (χ1v) is 6.21. The fraction of sp³-hybridized carbons (Fsp3) is 0.846. The number of carbonyl (C=O) groups excluding carboxylic acids is 1. The standard InChI is InChI=1S/C13H21NO/c14-10-5-3-1-2-4-7-12-8-6-9-13(15)11-12/h12H,1-9,11H2/t12-/m1/s1. The lowest BCUT2D eigenvalue weighted by molar-refractivity contribution is -0.121. The summed E-state index contributed by atoms with van der Waals surface area (Å²) in [6.07, 6.45) is 10.6. The van der Waals surface area contributed by atoms with Gasteiger partial charge in [-0.15, -0.1) is 0 Å². The van der Waals surface area contributed by atoms with Gasteiger partial charge in [-0.1, -0.05) is 25.7 Å². The molecule has 0 aliphatic heterocycles. The maximum atomic E-state index is 11.2. The topological polar surface area (TPSA) is 40.9 Å². The van der Waals surface area contributed by atoms with Gasteiger partial charge in [-0.2, -0.15) is 5.26 Å². The van der Waals surface area contributed by atoms with Crippen LogP contribution in [0.15, 0.2) is 0 Å². The van der Waals surface area contributed by atoms with E-state index in [-0.39, 0.29) is 0 Å². The first-order chi connectivity index (χ1) is 7.33. The second kappa shape index (κ2) is 7.45. The monoisotopic (exact) mass is 207 g/mol. The molecule has 0 bridgehead atoms. The molecule has 1 saturated carbocycles. The van der Waals surface area contributed by atoms with E-state index >= 15 is 0 Å². The maximum absolute atomic E-state index is 11.2. The lowest BCUT2D eigenvalue weighted by atomic mass is 9.85. The van der Waals surface area contributed by atoms with Crippen molar-refractivity contribution in [2.24, 2.45) is 5.92 Å². The molecular weight excluding hydrogens is 186 g/mol. The lowest BCUT2D eigenvalue weighted by Gasteiger charge is -2.20. The number of unbranched alkanes of at least 4 members (excludes halogenated alkanes) is 4. The highest BCUT2D eigenvalue weighted by Crippen LogP contribution is 2.26. The van der Waals surface area contributed by atoms with Gasteiger partial charge in [0.05, 0.1) is 6.07 Å². The fourth-order valence-electron chi connectivity index (χ4n) is 2.35. The largest absolute Gasteiger partial charge is 0.300 e. The van der Waals surface area contributed by atoms with Crippen LogP contribution < -0.4 is 0 Å². The number of hydrogen-bond acceptors (Lipinski definition) is 2. The van der Waals surface area contributed by atoms with Crippen LogP contribution in [-0.2, 0) is 4.79 Å². The van der Waals surface area contributed by atoms with Crippen LogP contribution in [0.1, 0.15) is 64.2 Å². The highest BCUT2D eigenvalue weighted by Gasteiger charge is 2.18. The van der Waals surface area contributed by atoms with Gasteiger partial charge in [0, 0.05) is 19.3 Å². The highest BCUT2D eigenvalue weighted by atomic mass is 16.1. The van der Waals surface area contributed by atoms with Gasteiger partial charge < -0.3 is 0 Å². The van der Waals surface area contributed by atoms with Crippen molar-refractivity contribution in [2.45, 2.75) is 64.2 Å². The minimum atomic E-state index is 0.468. The van der Waals surface area contributed by atoms with Gasteiger partial charge in [-0.3, -0.25) is 4.79 Å². The van der Waals surface area contributed by atoms with E-state index in [0.29, 0.717) is 18.1 Å². The van der Waals surface area contributed by atoms with Crippen LogP contribution in [0.3, 0.4) is 0 Å². The molecule has 1 fully saturated rings. The molecule has 0 N–H and O–H groups in total. The van der Waals surface area contributed by atoms with Crippen molar-refractivity contribution in [3.63, 3.8) is 0 Å². The van der Waals surface area contributed by atoms with Crippen molar-refractivity contribution in [3.8, 4) is 6.07 Å². The Labute approximate surface area is 92.7 Å². The zero-order valence-electron chi connectivity index (χ0n) is 9.50. The van der Waals surface area contributed by atoms with E-state index in [4.69, 9.17) is 5.26 Å².